The molecule has 0 spiro atoms. The Morgan fingerprint density at radius 3 is 2.68 bits per heavy atom. The average molecular weight is 559 g/mol. The molecule has 0 N–H and O–H groups in total. The van der Waals surface area contributed by atoms with Crippen molar-refractivity contribution in [3.63, 3.8) is 0 Å². The van der Waals surface area contributed by atoms with Crippen molar-refractivity contribution in [2.45, 2.75) is 66.2 Å². The third kappa shape index (κ3) is 6.32. The van der Waals surface area contributed by atoms with Crippen molar-refractivity contribution in [1.82, 2.24) is 9.47 Å². The first-order valence-electron chi connectivity index (χ1n) is 13.5. The number of ether oxygens (including phenoxy) is 1. The Bertz CT molecular complexity index is 1220. The Labute approximate surface area is 235 Å². The molecule has 2 fully saturated rings. The number of hydrogen-bond acceptors (Lipinski definition) is 8. The number of unbranched alkanes of at least 4 members (excludes halogenated alkanes) is 1. The summed E-state index contributed by atoms with van der Waals surface area (Å²) in [5, 5.41) is 9.76. The highest BCUT2D eigenvalue weighted by atomic mass is 32.2. The van der Waals surface area contributed by atoms with Crippen LogP contribution in [0.1, 0.15) is 76.0 Å². The fourth-order valence-corrected chi connectivity index (χ4v) is 6.44. The number of anilines is 1. The van der Waals surface area contributed by atoms with Crippen LogP contribution in [0.2, 0.25) is 0 Å². The second-order valence-corrected chi connectivity index (χ2v) is 11.6. The van der Waals surface area contributed by atoms with Gasteiger partial charge in [0.1, 0.15) is 21.8 Å². The predicted octanol–water partition coefficient (Wildman–Crippen LogP) is 4.76. The first-order chi connectivity index (χ1) is 18.2. The van der Waals surface area contributed by atoms with Crippen LogP contribution in [0.5, 0.6) is 0 Å². The number of nitriles is 1. The normalized spacial score (nSPS) is 19.7. The molecule has 3 rings (SSSR count). The number of esters is 1. The highest BCUT2D eigenvalue weighted by molar-refractivity contribution is 8.26. The van der Waals surface area contributed by atoms with E-state index in [1.807, 2.05) is 11.0 Å². The molecule has 8 nitrogen and oxygen atoms in total. The van der Waals surface area contributed by atoms with Gasteiger partial charge in [-0.25, -0.2) is 0 Å². The molecule has 10 heteroatoms. The van der Waals surface area contributed by atoms with E-state index in [0.717, 1.165) is 32.1 Å². The lowest BCUT2D eigenvalue weighted by Crippen LogP contribution is -2.42. The molecule has 2 atom stereocenters. The maximum atomic E-state index is 13.5. The molecule has 0 radical (unpaired) electrons. The number of amides is 1. The van der Waals surface area contributed by atoms with E-state index in [-0.39, 0.29) is 23.4 Å². The van der Waals surface area contributed by atoms with Crippen molar-refractivity contribution in [3.8, 4) is 6.07 Å². The van der Waals surface area contributed by atoms with Gasteiger partial charge in [0.15, 0.2) is 0 Å². The number of carbonyl (C=O) groups is 2. The van der Waals surface area contributed by atoms with Gasteiger partial charge in [0.05, 0.1) is 17.4 Å². The van der Waals surface area contributed by atoms with Crippen LogP contribution in [0, 0.1) is 30.1 Å². The van der Waals surface area contributed by atoms with Crippen LogP contribution in [0.4, 0.5) is 5.82 Å². The van der Waals surface area contributed by atoms with Crippen molar-refractivity contribution in [3.05, 3.63) is 31.9 Å². The number of rotatable bonds is 10. The first kappa shape index (κ1) is 29.9. The Balaban J connectivity index is 2.04. The summed E-state index contributed by atoms with van der Waals surface area (Å²) in [6.07, 6.45) is 7.49. The van der Waals surface area contributed by atoms with Gasteiger partial charge in [-0.1, -0.05) is 57.1 Å². The number of hydrogen-bond donors (Lipinski definition) is 0. The van der Waals surface area contributed by atoms with Crippen LogP contribution >= 0.6 is 24.0 Å². The molecule has 0 aromatic carbocycles. The summed E-state index contributed by atoms with van der Waals surface area (Å²) in [6, 6.07) is 2.04. The van der Waals surface area contributed by atoms with E-state index in [4.69, 9.17) is 17.0 Å². The van der Waals surface area contributed by atoms with Crippen LogP contribution in [0.3, 0.4) is 0 Å². The van der Waals surface area contributed by atoms with Gasteiger partial charge >= 0.3 is 5.97 Å². The third-order valence-corrected chi connectivity index (χ3v) is 8.82. The van der Waals surface area contributed by atoms with Crippen molar-refractivity contribution in [2.24, 2.45) is 18.9 Å². The van der Waals surface area contributed by atoms with Crippen molar-refractivity contribution < 1.29 is 14.3 Å². The Hall–Kier alpha value is -2.64. The Morgan fingerprint density at radius 2 is 2.05 bits per heavy atom. The van der Waals surface area contributed by atoms with Gasteiger partial charge < -0.3 is 9.64 Å². The largest absolute Gasteiger partial charge is 0.466 e. The molecule has 2 aliphatic rings. The van der Waals surface area contributed by atoms with Crippen LogP contribution in [-0.2, 0) is 21.4 Å². The highest BCUT2D eigenvalue weighted by Crippen LogP contribution is 2.37. The zero-order valence-electron chi connectivity index (χ0n) is 23.0. The van der Waals surface area contributed by atoms with E-state index in [1.165, 1.54) is 16.3 Å². The van der Waals surface area contributed by atoms with Crippen molar-refractivity contribution in [2.75, 3.05) is 31.1 Å². The molecule has 0 bridgehead atoms. The smallest absolute Gasteiger partial charge is 0.310 e. The maximum Gasteiger partial charge on any atom is 0.310 e. The molecule has 206 valence electrons. The van der Waals surface area contributed by atoms with E-state index in [9.17, 15) is 19.6 Å². The second-order valence-electron chi connectivity index (χ2n) is 9.96. The van der Waals surface area contributed by atoms with E-state index < -0.39 is 5.56 Å². The van der Waals surface area contributed by atoms with Crippen LogP contribution in [0.25, 0.3) is 6.08 Å². The molecule has 0 aliphatic carbocycles. The molecule has 0 saturated carbocycles. The zero-order valence-corrected chi connectivity index (χ0v) is 24.7. The maximum absolute atomic E-state index is 13.5. The molecule has 1 aromatic heterocycles. The second kappa shape index (κ2) is 13.4. The fraction of sp³-hybridized carbons (Fsp3) is 0.607. The Kier molecular flexibility index (Phi) is 10.6. The highest BCUT2D eigenvalue weighted by Gasteiger charge is 2.35. The number of thiocarbonyl (C=S) groups is 1. The number of carbonyl (C=O) groups excluding carboxylic acids is 2. The number of thioether (sulfide) groups is 1. The molecule has 38 heavy (non-hydrogen) atoms. The summed E-state index contributed by atoms with van der Waals surface area (Å²) < 4.78 is 7.25. The van der Waals surface area contributed by atoms with E-state index in [0.29, 0.717) is 64.8 Å². The van der Waals surface area contributed by atoms with Gasteiger partial charge in [0, 0.05) is 32.2 Å². The lowest BCUT2D eigenvalue weighted by atomic mass is 9.96. The zero-order chi connectivity index (χ0) is 28.0. The average Bonchev–Trinajstić information content (AvgIpc) is 3.17. The van der Waals surface area contributed by atoms with Crippen LogP contribution < -0.4 is 10.5 Å². The molecular formula is C28H38N4O4S2. The van der Waals surface area contributed by atoms with E-state index in [2.05, 4.69) is 13.8 Å². The topological polar surface area (TPSA) is 95.6 Å². The van der Waals surface area contributed by atoms with Gasteiger partial charge in [0.2, 0.25) is 0 Å². The summed E-state index contributed by atoms with van der Waals surface area (Å²) in [5.41, 5.74) is 0.794. The molecule has 2 unspecified atom stereocenters. The Morgan fingerprint density at radius 1 is 1.32 bits per heavy atom. The number of aromatic nitrogens is 1. The summed E-state index contributed by atoms with van der Waals surface area (Å²) in [5.74, 6) is 0.277. The molecule has 2 aliphatic heterocycles. The van der Waals surface area contributed by atoms with Crippen molar-refractivity contribution >= 4 is 52.1 Å². The summed E-state index contributed by atoms with van der Waals surface area (Å²) in [7, 11) is 1.63. The van der Waals surface area contributed by atoms with Gasteiger partial charge in [0.25, 0.3) is 11.5 Å². The lowest BCUT2D eigenvalue weighted by molar-refractivity contribution is -0.148. The number of piperidine rings is 1. The van der Waals surface area contributed by atoms with Crippen LogP contribution in [0.15, 0.2) is 9.70 Å². The summed E-state index contributed by atoms with van der Waals surface area (Å²) in [6.45, 7) is 9.77. The minimum absolute atomic E-state index is 0.0440. The molecule has 1 amide bonds. The van der Waals surface area contributed by atoms with E-state index in [1.54, 1.807) is 31.9 Å². The number of nitrogens with zero attached hydrogens (tertiary/aromatic N) is 4. The predicted molar refractivity (Wildman–Crippen MR) is 156 cm³/mol. The third-order valence-electron chi connectivity index (χ3n) is 7.44. The summed E-state index contributed by atoms with van der Waals surface area (Å²) in [4.78, 5) is 43.3. The van der Waals surface area contributed by atoms with E-state index >= 15 is 0 Å². The molecular weight excluding hydrogens is 520 g/mol. The van der Waals surface area contributed by atoms with Crippen molar-refractivity contribution in [1.29, 1.82) is 5.26 Å². The fourth-order valence-electron chi connectivity index (χ4n) is 5.18. The van der Waals surface area contributed by atoms with Gasteiger partial charge in [-0.2, -0.15) is 5.26 Å². The monoisotopic (exact) mass is 558 g/mol. The summed E-state index contributed by atoms with van der Waals surface area (Å²) >= 11 is 6.86. The number of pyridine rings is 1. The van der Waals surface area contributed by atoms with Gasteiger partial charge in [-0.05, 0) is 50.7 Å². The van der Waals surface area contributed by atoms with Gasteiger partial charge in [-0.15, -0.1) is 0 Å². The van der Waals surface area contributed by atoms with Gasteiger partial charge in [-0.3, -0.25) is 23.9 Å². The lowest BCUT2D eigenvalue weighted by Gasteiger charge is -2.35. The minimum atomic E-state index is -0.398. The standard InChI is InChI=1S/C28H38N4O4S2/c1-6-9-11-19(7-2)16-32-26(34)23(38-28(32)37)14-21-18(4)22(15-29)25(33)30(5)24(21)31-13-10-12-20(17-31)27(35)36-8-3/h14,19-20H,6-13,16-17H2,1-5H3/b23-14+. The SMILES string of the molecule is CCCCC(CC)CN1C(=O)/C(=C\c2c(C)c(C#N)c(=O)n(C)c2N2CCCC(C(=O)OCC)C2)SC1=S. The first-order valence-corrected chi connectivity index (χ1v) is 14.7. The molecule has 3 heterocycles. The molecule has 1 aromatic rings. The molecule has 2 saturated heterocycles. The minimum Gasteiger partial charge on any atom is -0.466 e. The van der Waals surface area contributed by atoms with Crippen LogP contribution in [-0.4, -0.2) is 51.9 Å². The quantitative estimate of drug-likeness (QED) is 0.230.